The zero-order valence-electron chi connectivity index (χ0n) is 8.74. The number of halogens is 1. The van der Waals surface area contributed by atoms with Gasteiger partial charge in [0.25, 0.3) is 0 Å². The first-order chi connectivity index (χ1) is 8.35. The molecule has 0 saturated heterocycles. The zero-order valence-corrected chi connectivity index (χ0v) is 11.1. The van der Waals surface area contributed by atoms with Crippen LogP contribution in [0.4, 0.5) is 5.69 Å². The Balaban J connectivity index is 2.96. The Kier molecular flexibility index (Phi) is 4.89. The molecule has 0 spiro atoms. The maximum Gasteiger partial charge on any atom is 0.318 e. The standard InChI is InChI=1S/C8H6ClN3O4S2/c9-18(15,16)4-3-17-8-7(12(13)14)6(5-10)1-2-11-8/h1-2H,3-4H2. The largest absolute Gasteiger partial charge is 0.318 e. The van der Waals surface area contributed by atoms with Crippen molar-refractivity contribution in [2.75, 3.05) is 11.5 Å². The van der Waals surface area contributed by atoms with Crippen molar-refractivity contribution < 1.29 is 13.3 Å². The molecule has 0 aliphatic heterocycles. The molecule has 0 atom stereocenters. The molecular weight excluding hydrogens is 302 g/mol. The first kappa shape index (κ1) is 14.7. The fourth-order valence-corrected chi connectivity index (χ4v) is 3.39. The predicted molar refractivity (Wildman–Crippen MR) is 66.0 cm³/mol. The highest BCUT2D eigenvalue weighted by atomic mass is 35.7. The molecule has 0 amide bonds. The lowest BCUT2D eigenvalue weighted by Gasteiger charge is -2.01. The molecule has 96 valence electrons. The van der Waals surface area contributed by atoms with Crippen molar-refractivity contribution in [2.45, 2.75) is 5.03 Å². The average Bonchev–Trinajstić information content (AvgIpc) is 2.26. The third kappa shape index (κ3) is 4.14. The third-order valence-corrected chi connectivity index (χ3v) is 4.15. The number of aromatic nitrogens is 1. The average molecular weight is 308 g/mol. The molecule has 0 aromatic carbocycles. The van der Waals surface area contributed by atoms with E-state index in [1.165, 1.54) is 12.3 Å². The number of nitro groups is 1. The van der Waals surface area contributed by atoms with E-state index in [-0.39, 0.29) is 22.1 Å². The number of hydrogen-bond donors (Lipinski definition) is 0. The zero-order chi connectivity index (χ0) is 13.8. The van der Waals surface area contributed by atoms with E-state index in [1.807, 2.05) is 0 Å². The van der Waals surface area contributed by atoms with Crippen LogP contribution in [0.15, 0.2) is 17.3 Å². The topological polar surface area (TPSA) is 114 Å². The van der Waals surface area contributed by atoms with Gasteiger partial charge in [0.1, 0.15) is 11.6 Å². The Hall–Kier alpha value is -1.37. The molecule has 0 N–H and O–H groups in total. The van der Waals surface area contributed by atoms with E-state index in [9.17, 15) is 18.5 Å². The summed E-state index contributed by atoms with van der Waals surface area (Å²) < 4.78 is 21.4. The van der Waals surface area contributed by atoms with Crippen LogP contribution in [0.5, 0.6) is 0 Å². The second-order valence-corrected chi connectivity index (χ2v) is 6.95. The van der Waals surface area contributed by atoms with Gasteiger partial charge in [-0.15, -0.1) is 0 Å². The lowest BCUT2D eigenvalue weighted by molar-refractivity contribution is -0.388. The molecule has 0 fully saturated rings. The van der Waals surface area contributed by atoms with Crippen LogP contribution in [0, 0.1) is 21.4 Å². The summed E-state index contributed by atoms with van der Waals surface area (Å²) >= 11 is 0.864. The Labute approximate surface area is 111 Å². The summed E-state index contributed by atoms with van der Waals surface area (Å²) in [5, 5.41) is 19.6. The lowest BCUT2D eigenvalue weighted by atomic mass is 10.2. The van der Waals surface area contributed by atoms with E-state index >= 15 is 0 Å². The van der Waals surface area contributed by atoms with Crippen molar-refractivity contribution in [2.24, 2.45) is 0 Å². The predicted octanol–water partition coefficient (Wildman–Crippen LogP) is 1.52. The fraction of sp³-hybridized carbons (Fsp3) is 0.250. The minimum absolute atomic E-state index is 0.000586. The SMILES string of the molecule is N#Cc1ccnc(SCCS(=O)(=O)Cl)c1[N+](=O)[O-]. The van der Waals surface area contributed by atoms with Crippen molar-refractivity contribution in [3.63, 3.8) is 0 Å². The van der Waals surface area contributed by atoms with Crippen molar-refractivity contribution in [1.29, 1.82) is 5.26 Å². The molecule has 1 rings (SSSR count). The van der Waals surface area contributed by atoms with E-state index in [0.717, 1.165) is 11.8 Å². The van der Waals surface area contributed by atoms with Gasteiger partial charge in [-0.3, -0.25) is 10.1 Å². The first-order valence-electron chi connectivity index (χ1n) is 4.44. The lowest BCUT2D eigenvalue weighted by Crippen LogP contribution is -2.02. The summed E-state index contributed by atoms with van der Waals surface area (Å²) in [6, 6.07) is 2.91. The van der Waals surface area contributed by atoms with Crippen LogP contribution in [0.25, 0.3) is 0 Å². The molecule has 1 aromatic heterocycles. The summed E-state index contributed by atoms with van der Waals surface area (Å²) in [5.74, 6) is -0.316. The first-order valence-corrected chi connectivity index (χ1v) is 7.90. The normalized spacial score (nSPS) is 10.9. The van der Waals surface area contributed by atoms with E-state index < -0.39 is 19.7 Å². The number of hydrogen-bond acceptors (Lipinski definition) is 7. The van der Waals surface area contributed by atoms with E-state index in [1.54, 1.807) is 6.07 Å². The van der Waals surface area contributed by atoms with Crippen molar-refractivity contribution >= 4 is 37.2 Å². The maximum absolute atomic E-state index is 10.8. The maximum atomic E-state index is 10.8. The Morgan fingerprint density at radius 3 is 2.78 bits per heavy atom. The number of nitriles is 1. The van der Waals surface area contributed by atoms with E-state index in [0.29, 0.717) is 0 Å². The van der Waals surface area contributed by atoms with Gasteiger partial charge in [0.05, 0.1) is 10.7 Å². The minimum atomic E-state index is -3.65. The molecule has 0 aliphatic rings. The molecular formula is C8H6ClN3O4S2. The van der Waals surface area contributed by atoms with Gasteiger partial charge in [-0.05, 0) is 6.07 Å². The highest BCUT2D eigenvalue weighted by Gasteiger charge is 2.21. The third-order valence-electron chi connectivity index (χ3n) is 1.76. The molecule has 18 heavy (non-hydrogen) atoms. The van der Waals surface area contributed by atoms with E-state index in [4.69, 9.17) is 15.9 Å². The highest BCUT2D eigenvalue weighted by molar-refractivity contribution is 8.14. The van der Waals surface area contributed by atoms with Gasteiger partial charge in [0, 0.05) is 22.6 Å². The van der Waals surface area contributed by atoms with Gasteiger partial charge in [-0.2, -0.15) is 5.26 Å². The Bertz CT molecular complexity index is 611. The van der Waals surface area contributed by atoms with Gasteiger partial charge in [0.15, 0.2) is 5.03 Å². The van der Waals surface area contributed by atoms with Gasteiger partial charge >= 0.3 is 5.69 Å². The van der Waals surface area contributed by atoms with Crippen LogP contribution in [0.1, 0.15) is 5.56 Å². The van der Waals surface area contributed by atoms with Crippen LogP contribution in [0.2, 0.25) is 0 Å². The van der Waals surface area contributed by atoms with Crippen molar-refractivity contribution in [3.05, 3.63) is 27.9 Å². The van der Waals surface area contributed by atoms with Gasteiger partial charge in [-0.25, -0.2) is 13.4 Å². The molecule has 0 unspecified atom stereocenters. The van der Waals surface area contributed by atoms with Gasteiger partial charge in [-0.1, -0.05) is 11.8 Å². The Morgan fingerprint density at radius 2 is 2.28 bits per heavy atom. The Morgan fingerprint density at radius 1 is 1.61 bits per heavy atom. The van der Waals surface area contributed by atoms with Crippen LogP contribution in [0.3, 0.4) is 0 Å². The second kappa shape index (κ2) is 5.99. The van der Waals surface area contributed by atoms with E-state index in [2.05, 4.69) is 4.98 Å². The van der Waals surface area contributed by atoms with Crippen molar-refractivity contribution in [1.82, 2.24) is 4.98 Å². The van der Waals surface area contributed by atoms with Gasteiger partial charge < -0.3 is 0 Å². The summed E-state index contributed by atoms with van der Waals surface area (Å²) in [5.41, 5.74) is -0.539. The van der Waals surface area contributed by atoms with Crippen LogP contribution in [-0.4, -0.2) is 29.8 Å². The summed E-state index contributed by atoms with van der Waals surface area (Å²) in [6.07, 6.45) is 1.25. The molecule has 1 heterocycles. The molecule has 10 heteroatoms. The molecule has 0 saturated carbocycles. The number of rotatable bonds is 5. The molecule has 0 aliphatic carbocycles. The number of thioether (sulfide) groups is 1. The second-order valence-electron chi connectivity index (χ2n) is 2.97. The van der Waals surface area contributed by atoms with Crippen LogP contribution >= 0.6 is 22.4 Å². The molecule has 1 aromatic rings. The molecule has 0 radical (unpaired) electrons. The monoisotopic (exact) mass is 307 g/mol. The number of nitrogens with zero attached hydrogens (tertiary/aromatic N) is 3. The summed E-state index contributed by atoms with van der Waals surface area (Å²) in [7, 11) is 1.36. The minimum Gasteiger partial charge on any atom is -0.258 e. The molecule has 0 bridgehead atoms. The number of pyridine rings is 1. The van der Waals surface area contributed by atoms with Gasteiger partial charge in [0.2, 0.25) is 9.05 Å². The van der Waals surface area contributed by atoms with Crippen LogP contribution in [-0.2, 0) is 9.05 Å². The highest BCUT2D eigenvalue weighted by Crippen LogP contribution is 2.29. The quantitative estimate of drug-likeness (QED) is 0.350. The summed E-state index contributed by atoms with van der Waals surface area (Å²) in [6.45, 7) is 0. The molecule has 7 nitrogen and oxygen atoms in total. The van der Waals surface area contributed by atoms with Crippen molar-refractivity contribution in [3.8, 4) is 6.07 Å². The smallest absolute Gasteiger partial charge is 0.258 e. The van der Waals surface area contributed by atoms with Crippen LogP contribution < -0.4 is 0 Å². The fourth-order valence-electron chi connectivity index (χ4n) is 1.04. The summed E-state index contributed by atoms with van der Waals surface area (Å²) in [4.78, 5) is 13.9.